The molecule has 10 heteroatoms. The number of nitrogens with zero attached hydrogens (tertiary/aromatic N) is 7. The third-order valence-corrected chi connectivity index (χ3v) is 7.61. The van der Waals surface area contributed by atoms with E-state index in [2.05, 4.69) is 31.7 Å². The van der Waals surface area contributed by atoms with Gasteiger partial charge in [-0.1, -0.05) is 12.1 Å². The van der Waals surface area contributed by atoms with Crippen LogP contribution in [0.5, 0.6) is 0 Å². The van der Waals surface area contributed by atoms with E-state index in [0.717, 1.165) is 37.8 Å². The lowest BCUT2D eigenvalue weighted by Gasteiger charge is -2.36. The molecule has 0 spiro atoms. The number of anilines is 2. The average molecular weight is 428 g/mol. The van der Waals surface area contributed by atoms with Gasteiger partial charge >= 0.3 is 0 Å². The highest BCUT2D eigenvalue weighted by atomic mass is 32.2. The van der Waals surface area contributed by atoms with Crippen LogP contribution < -0.4 is 9.80 Å². The maximum absolute atomic E-state index is 13.0. The summed E-state index contributed by atoms with van der Waals surface area (Å²) >= 11 is 0. The first-order chi connectivity index (χ1) is 14.5. The van der Waals surface area contributed by atoms with Gasteiger partial charge in [-0.15, -0.1) is 0 Å². The van der Waals surface area contributed by atoms with Gasteiger partial charge in [0.2, 0.25) is 10.0 Å². The lowest BCUT2D eigenvalue weighted by atomic mass is 10.2. The molecule has 2 aliphatic heterocycles. The molecule has 0 N–H and O–H groups in total. The van der Waals surface area contributed by atoms with Gasteiger partial charge in [-0.05, 0) is 19.2 Å². The summed E-state index contributed by atoms with van der Waals surface area (Å²) in [5.74, 6) is 1.72. The van der Waals surface area contributed by atoms with Gasteiger partial charge in [0.25, 0.3) is 0 Å². The van der Waals surface area contributed by atoms with Gasteiger partial charge in [-0.3, -0.25) is 0 Å². The number of benzene rings is 1. The Balaban J connectivity index is 1.45. The Kier molecular flexibility index (Phi) is 5.85. The van der Waals surface area contributed by atoms with Crippen LogP contribution in [0.4, 0.5) is 11.6 Å². The van der Waals surface area contributed by atoms with E-state index in [9.17, 15) is 13.7 Å². The van der Waals surface area contributed by atoms with E-state index in [4.69, 9.17) is 0 Å². The molecule has 0 saturated carbocycles. The highest BCUT2D eigenvalue weighted by molar-refractivity contribution is 7.89. The lowest BCUT2D eigenvalue weighted by Crippen LogP contribution is -2.49. The van der Waals surface area contributed by atoms with E-state index in [0.29, 0.717) is 26.2 Å². The summed E-state index contributed by atoms with van der Waals surface area (Å²) in [5, 5.41) is 9.26. The van der Waals surface area contributed by atoms with E-state index in [1.165, 1.54) is 16.4 Å². The molecule has 9 nitrogen and oxygen atoms in total. The molecule has 2 aromatic rings. The first kappa shape index (κ1) is 20.5. The van der Waals surface area contributed by atoms with Gasteiger partial charge in [-0.25, -0.2) is 18.4 Å². The number of hydrogen-bond donors (Lipinski definition) is 0. The minimum atomic E-state index is -3.70. The molecule has 0 atom stereocenters. The van der Waals surface area contributed by atoms with Crippen molar-refractivity contribution in [3.8, 4) is 6.07 Å². The van der Waals surface area contributed by atoms with Crippen molar-refractivity contribution in [3.63, 3.8) is 0 Å². The maximum atomic E-state index is 13.0. The zero-order valence-electron chi connectivity index (χ0n) is 17.0. The van der Waals surface area contributed by atoms with Crippen molar-refractivity contribution in [2.24, 2.45) is 0 Å². The summed E-state index contributed by atoms with van der Waals surface area (Å²) in [5.41, 5.74) is 0.174. The SMILES string of the molecule is CN1CCN(c2cc(N3CCN(S(=O)(=O)c4ccccc4C#N)CC3)ncn2)CC1. The summed E-state index contributed by atoms with van der Waals surface area (Å²) in [6, 6.07) is 10.3. The quantitative estimate of drug-likeness (QED) is 0.700. The fourth-order valence-electron chi connectivity index (χ4n) is 3.80. The molecular formula is C20H25N7O2S. The molecule has 0 amide bonds. The molecule has 2 saturated heterocycles. The number of nitriles is 1. The number of rotatable bonds is 4. The molecule has 30 heavy (non-hydrogen) atoms. The zero-order chi connectivity index (χ0) is 21.1. The highest BCUT2D eigenvalue weighted by Gasteiger charge is 2.30. The van der Waals surface area contributed by atoms with E-state index in [-0.39, 0.29) is 10.5 Å². The predicted octanol–water partition coefficient (Wildman–Crippen LogP) is 0.611. The van der Waals surface area contributed by atoms with E-state index in [1.807, 2.05) is 12.1 Å². The summed E-state index contributed by atoms with van der Waals surface area (Å²) in [6.07, 6.45) is 1.58. The Bertz CT molecular complexity index is 1040. The highest BCUT2D eigenvalue weighted by Crippen LogP contribution is 2.24. The summed E-state index contributed by atoms with van der Waals surface area (Å²) < 4.78 is 27.5. The largest absolute Gasteiger partial charge is 0.354 e. The molecule has 4 rings (SSSR count). The van der Waals surface area contributed by atoms with Gasteiger partial charge in [0, 0.05) is 58.4 Å². The van der Waals surface area contributed by atoms with Crippen LogP contribution in [0.3, 0.4) is 0 Å². The second-order valence-corrected chi connectivity index (χ2v) is 9.43. The molecule has 0 radical (unpaired) electrons. The molecule has 3 heterocycles. The minimum absolute atomic E-state index is 0.0698. The summed E-state index contributed by atoms with van der Waals surface area (Å²) in [4.78, 5) is 15.5. The van der Waals surface area contributed by atoms with Crippen molar-refractivity contribution >= 4 is 21.7 Å². The zero-order valence-corrected chi connectivity index (χ0v) is 17.8. The Labute approximate surface area is 177 Å². The molecule has 1 aromatic heterocycles. The topological polar surface area (TPSA) is 96.7 Å². The minimum Gasteiger partial charge on any atom is -0.354 e. The Morgan fingerprint density at radius 2 is 1.47 bits per heavy atom. The molecule has 1 aromatic carbocycles. The van der Waals surface area contributed by atoms with Crippen molar-refractivity contribution in [3.05, 3.63) is 42.2 Å². The standard InChI is InChI=1S/C20H25N7O2S/c1-24-6-8-25(9-7-24)19-14-20(23-16-22-19)26-10-12-27(13-11-26)30(28,29)18-5-3-2-4-17(18)15-21/h2-5,14,16H,6-13H2,1H3. The number of hydrogen-bond acceptors (Lipinski definition) is 8. The van der Waals surface area contributed by atoms with Crippen molar-refractivity contribution in [1.29, 1.82) is 5.26 Å². The van der Waals surface area contributed by atoms with Crippen LogP contribution in [-0.4, -0.2) is 87.0 Å². The van der Waals surface area contributed by atoms with Crippen LogP contribution in [0.1, 0.15) is 5.56 Å². The second-order valence-electron chi connectivity index (χ2n) is 7.52. The maximum Gasteiger partial charge on any atom is 0.244 e. The van der Waals surface area contributed by atoms with Crippen LogP contribution in [-0.2, 0) is 10.0 Å². The first-order valence-corrected chi connectivity index (χ1v) is 11.4. The molecule has 0 aliphatic carbocycles. The van der Waals surface area contributed by atoms with Crippen LogP contribution in [0, 0.1) is 11.3 Å². The molecule has 2 fully saturated rings. The Morgan fingerprint density at radius 3 is 2.07 bits per heavy atom. The molecular weight excluding hydrogens is 402 g/mol. The normalized spacial score (nSPS) is 18.9. The van der Waals surface area contributed by atoms with Gasteiger partial charge in [-0.2, -0.15) is 9.57 Å². The fraction of sp³-hybridized carbons (Fsp3) is 0.450. The van der Waals surface area contributed by atoms with Crippen molar-refractivity contribution in [2.75, 3.05) is 69.2 Å². The fourth-order valence-corrected chi connectivity index (χ4v) is 5.36. The molecule has 0 unspecified atom stereocenters. The first-order valence-electron chi connectivity index (χ1n) is 9.99. The average Bonchev–Trinajstić information content (AvgIpc) is 2.79. The lowest BCUT2D eigenvalue weighted by molar-refractivity contribution is 0.312. The van der Waals surface area contributed by atoms with Crippen LogP contribution in [0.25, 0.3) is 0 Å². The van der Waals surface area contributed by atoms with Crippen LogP contribution in [0.2, 0.25) is 0 Å². The number of likely N-dealkylation sites (N-methyl/N-ethyl adjacent to an activating group) is 1. The monoisotopic (exact) mass is 427 g/mol. The summed E-state index contributed by atoms with van der Waals surface area (Å²) in [7, 11) is -1.59. The molecule has 2 aliphatic rings. The van der Waals surface area contributed by atoms with E-state index >= 15 is 0 Å². The van der Waals surface area contributed by atoms with Crippen LogP contribution in [0.15, 0.2) is 41.6 Å². The van der Waals surface area contributed by atoms with Crippen molar-refractivity contribution < 1.29 is 8.42 Å². The third-order valence-electron chi connectivity index (χ3n) is 5.65. The van der Waals surface area contributed by atoms with Gasteiger partial charge in [0.05, 0.1) is 10.5 Å². The second kappa shape index (κ2) is 8.55. The molecule has 158 valence electrons. The number of sulfonamides is 1. The third kappa shape index (κ3) is 4.09. The Morgan fingerprint density at radius 1 is 0.900 bits per heavy atom. The van der Waals surface area contributed by atoms with Crippen molar-refractivity contribution in [1.82, 2.24) is 19.2 Å². The van der Waals surface area contributed by atoms with Crippen molar-refractivity contribution in [2.45, 2.75) is 4.90 Å². The molecule has 0 bridgehead atoms. The number of piperazine rings is 2. The number of aromatic nitrogens is 2. The predicted molar refractivity (Wildman–Crippen MR) is 114 cm³/mol. The van der Waals surface area contributed by atoms with Gasteiger partial charge in [0.15, 0.2) is 0 Å². The van der Waals surface area contributed by atoms with E-state index in [1.54, 1.807) is 18.5 Å². The van der Waals surface area contributed by atoms with Gasteiger partial charge in [0.1, 0.15) is 24.0 Å². The Hall–Kier alpha value is -2.74. The van der Waals surface area contributed by atoms with E-state index < -0.39 is 10.0 Å². The summed E-state index contributed by atoms with van der Waals surface area (Å²) in [6.45, 7) is 5.61. The van der Waals surface area contributed by atoms with Crippen LogP contribution >= 0.6 is 0 Å². The smallest absolute Gasteiger partial charge is 0.244 e. The van der Waals surface area contributed by atoms with Gasteiger partial charge < -0.3 is 14.7 Å².